The van der Waals surface area contributed by atoms with E-state index in [1.165, 1.54) is 0 Å². The Hall–Kier alpha value is -0.570. The van der Waals surface area contributed by atoms with Crippen LogP contribution in [0.5, 0.6) is 0 Å². The fourth-order valence-corrected chi connectivity index (χ4v) is 1.54. The molecule has 90 valence electrons. The minimum Gasteiger partial charge on any atom is -0.354 e. The summed E-state index contributed by atoms with van der Waals surface area (Å²) in [7, 11) is 0. The lowest BCUT2D eigenvalue weighted by molar-refractivity contribution is -0.128. The summed E-state index contributed by atoms with van der Waals surface area (Å²) >= 11 is 0. The van der Waals surface area contributed by atoms with E-state index in [2.05, 4.69) is 19.2 Å². The van der Waals surface area contributed by atoms with Gasteiger partial charge in [-0.3, -0.25) is 4.79 Å². The van der Waals surface area contributed by atoms with Gasteiger partial charge in [-0.2, -0.15) is 0 Å². The van der Waals surface area contributed by atoms with Gasteiger partial charge in [0.25, 0.3) is 0 Å². The maximum Gasteiger partial charge on any atom is 0.225 e. The molecular formula is C12H26N2O. The Bertz CT molecular complexity index is 192. The first-order valence-electron chi connectivity index (χ1n) is 5.86. The molecule has 0 bridgehead atoms. The zero-order valence-corrected chi connectivity index (χ0v) is 10.8. The van der Waals surface area contributed by atoms with Gasteiger partial charge in [-0.05, 0) is 5.92 Å². The predicted molar refractivity (Wildman–Crippen MR) is 64.5 cm³/mol. The van der Waals surface area contributed by atoms with Gasteiger partial charge in [0.2, 0.25) is 5.91 Å². The average Bonchev–Trinajstić information content (AvgIpc) is 2.14. The minimum atomic E-state index is -0.326. The molecule has 3 nitrogen and oxygen atoms in total. The molecule has 0 saturated carbocycles. The second-order valence-electron chi connectivity index (χ2n) is 5.20. The molecule has 0 rings (SSSR count). The zero-order chi connectivity index (χ0) is 12.1. The standard InChI is InChI=1S/C12H26N2O/c1-6-9(7-2)10(13)8-14-11(15)12(3,4)5/h9-10H,6-8,13H2,1-5H3,(H,14,15). The Morgan fingerprint density at radius 2 is 1.73 bits per heavy atom. The van der Waals surface area contributed by atoms with Crippen molar-refractivity contribution in [1.29, 1.82) is 0 Å². The largest absolute Gasteiger partial charge is 0.354 e. The molecule has 1 atom stereocenters. The maximum absolute atomic E-state index is 11.6. The highest BCUT2D eigenvalue weighted by Crippen LogP contribution is 2.14. The summed E-state index contributed by atoms with van der Waals surface area (Å²) < 4.78 is 0. The van der Waals surface area contributed by atoms with Crippen LogP contribution in [0.25, 0.3) is 0 Å². The highest BCUT2D eigenvalue weighted by Gasteiger charge is 2.22. The first-order valence-corrected chi connectivity index (χ1v) is 5.86. The number of rotatable bonds is 5. The molecule has 0 spiro atoms. The van der Waals surface area contributed by atoms with Crippen LogP contribution in [0.15, 0.2) is 0 Å². The molecule has 0 aromatic rings. The van der Waals surface area contributed by atoms with E-state index in [0.29, 0.717) is 12.5 Å². The summed E-state index contributed by atoms with van der Waals surface area (Å²) in [4.78, 5) is 11.6. The average molecular weight is 214 g/mol. The van der Waals surface area contributed by atoms with Gasteiger partial charge in [0.1, 0.15) is 0 Å². The first-order chi connectivity index (χ1) is 6.82. The molecule has 0 radical (unpaired) electrons. The Morgan fingerprint density at radius 1 is 1.27 bits per heavy atom. The second kappa shape index (κ2) is 6.11. The van der Waals surface area contributed by atoms with Gasteiger partial charge in [0, 0.05) is 18.0 Å². The van der Waals surface area contributed by atoms with E-state index in [9.17, 15) is 4.79 Å². The quantitative estimate of drug-likeness (QED) is 0.734. The van der Waals surface area contributed by atoms with E-state index >= 15 is 0 Å². The molecule has 15 heavy (non-hydrogen) atoms. The van der Waals surface area contributed by atoms with Crippen molar-refractivity contribution in [3.05, 3.63) is 0 Å². The van der Waals surface area contributed by atoms with Crippen LogP contribution in [0.1, 0.15) is 47.5 Å². The lowest BCUT2D eigenvalue weighted by Crippen LogP contribution is -2.45. The highest BCUT2D eigenvalue weighted by atomic mass is 16.2. The summed E-state index contributed by atoms with van der Waals surface area (Å²) in [5.41, 5.74) is 5.69. The van der Waals surface area contributed by atoms with E-state index in [-0.39, 0.29) is 17.4 Å². The van der Waals surface area contributed by atoms with Crippen molar-refractivity contribution in [3.8, 4) is 0 Å². The Balaban J connectivity index is 4.00. The monoisotopic (exact) mass is 214 g/mol. The van der Waals surface area contributed by atoms with Gasteiger partial charge in [0.15, 0.2) is 0 Å². The van der Waals surface area contributed by atoms with Crippen molar-refractivity contribution in [2.24, 2.45) is 17.1 Å². The van der Waals surface area contributed by atoms with Crippen LogP contribution in [-0.4, -0.2) is 18.5 Å². The van der Waals surface area contributed by atoms with E-state index in [1.807, 2.05) is 20.8 Å². The number of hydrogen-bond donors (Lipinski definition) is 2. The molecule has 0 aliphatic rings. The Kier molecular flexibility index (Phi) is 5.88. The van der Waals surface area contributed by atoms with Crippen molar-refractivity contribution in [2.45, 2.75) is 53.5 Å². The normalized spacial score (nSPS) is 14.1. The molecule has 0 aromatic carbocycles. The van der Waals surface area contributed by atoms with Gasteiger partial charge in [-0.25, -0.2) is 0 Å². The second-order valence-corrected chi connectivity index (χ2v) is 5.20. The summed E-state index contributed by atoms with van der Waals surface area (Å²) in [6.07, 6.45) is 2.14. The number of hydrogen-bond acceptors (Lipinski definition) is 2. The number of carbonyl (C=O) groups excluding carboxylic acids is 1. The highest BCUT2D eigenvalue weighted by molar-refractivity contribution is 5.81. The number of amides is 1. The molecule has 0 aliphatic carbocycles. The fourth-order valence-electron chi connectivity index (χ4n) is 1.54. The van der Waals surface area contributed by atoms with Crippen LogP contribution >= 0.6 is 0 Å². The van der Waals surface area contributed by atoms with Crippen LogP contribution in [0.2, 0.25) is 0 Å². The maximum atomic E-state index is 11.6. The number of nitrogens with one attached hydrogen (secondary N) is 1. The molecule has 1 amide bonds. The van der Waals surface area contributed by atoms with Crippen molar-refractivity contribution in [1.82, 2.24) is 5.32 Å². The molecule has 3 heteroatoms. The molecule has 0 fully saturated rings. The third kappa shape index (κ3) is 5.17. The number of carbonyl (C=O) groups is 1. The van der Waals surface area contributed by atoms with E-state index < -0.39 is 0 Å². The Morgan fingerprint density at radius 3 is 2.07 bits per heavy atom. The van der Waals surface area contributed by atoms with Crippen molar-refractivity contribution in [2.75, 3.05) is 6.54 Å². The van der Waals surface area contributed by atoms with Gasteiger partial charge < -0.3 is 11.1 Å². The molecule has 0 aromatic heterocycles. The molecule has 0 saturated heterocycles. The lowest BCUT2D eigenvalue weighted by atomic mass is 9.93. The SMILES string of the molecule is CCC(CC)C(N)CNC(=O)C(C)(C)C. The smallest absolute Gasteiger partial charge is 0.225 e. The number of nitrogens with two attached hydrogens (primary N) is 1. The summed E-state index contributed by atoms with van der Waals surface area (Å²) in [6, 6.07) is 0.0753. The van der Waals surface area contributed by atoms with E-state index in [0.717, 1.165) is 12.8 Å². The third-order valence-electron chi connectivity index (χ3n) is 2.83. The summed E-state index contributed by atoms with van der Waals surface area (Å²) in [6.45, 7) is 10.6. The van der Waals surface area contributed by atoms with Crippen LogP contribution in [-0.2, 0) is 4.79 Å². The van der Waals surface area contributed by atoms with Crippen molar-refractivity contribution in [3.63, 3.8) is 0 Å². The summed E-state index contributed by atoms with van der Waals surface area (Å²) in [5, 5.41) is 2.91. The van der Waals surface area contributed by atoms with Gasteiger partial charge in [-0.1, -0.05) is 47.5 Å². The van der Waals surface area contributed by atoms with Crippen LogP contribution in [0.3, 0.4) is 0 Å². The van der Waals surface area contributed by atoms with Gasteiger partial charge >= 0.3 is 0 Å². The lowest BCUT2D eigenvalue weighted by Gasteiger charge is -2.24. The van der Waals surface area contributed by atoms with Gasteiger partial charge in [-0.15, -0.1) is 0 Å². The summed E-state index contributed by atoms with van der Waals surface area (Å²) in [5.74, 6) is 0.578. The van der Waals surface area contributed by atoms with E-state index in [1.54, 1.807) is 0 Å². The van der Waals surface area contributed by atoms with E-state index in [4.69, 9.17) is 5.73 Å². The van der Waals surface area contributed by atoms with Crippen LogP contribution in [0.4, 0.5) is 0 Å². The zero-order valence-electron chi connectivity index (χ0n) is 10.8. The Labute approximate surface area is 93.8 Å². The molecule has 1 unspecified atom stereocenters. The molecule has 0 aliphatic heterocycles. The van der Waals surface area contributed by atoms with Gasteiger partial charge in [0.05, 0.1) is 0 Å². The first kappa shape index (κ1) is 14.4. The molecule has 0 heterocycles. The van der Waals surface area contributed by atoms with Crippen molar-refractivity contribution < 1.29 is 4.79 Å². The van der Waals surface area contributed by atoms with Crippen LogP contribution < -0.4 is 11.1 Å². The molecule has 3 N–H and O–H groups in total. The fraction of sp³-hybridized carbons (Fsp3) is 0.917. The molecular weight excluding hydrogens is 188 g/mol. The van der Waals surface area contributed by atoms with Crippen LogP contribution in [0, 0.1) is 11.3 Å². The third-order valence-corrected chi connectivity index (χ3v) is 2.83. The minimum absolute atomic E-state index is 0.0731. The van der Waals surface area contributed by atoms with Crippen molar-refractivity contribution >= 4 is 5.91 Å². The topological polar surface area (TPSA) is 55.1 Å². The predicted octanol–water partition coefficient (Wildman–Crippen LogP) is 1.91.